The fourth-order valence-corrected chi connectivity index (χ4v) is 2.99. The Balaban J connectivity index is 2.29. The van der Waals surface area contributed by atoms with E-state index in [4.69, 9.17) is 5.21 Å². The second kappa shape index (κ2) is 2.24. The minimum Gasteiger partial charge on any atom is -0.411 e. The molecule has 0 radical (unpaired) electrons. The standard InChI is InChI=1S/C10H17NO/c1-6-8-4-7(10(6,2)3)5-9(8)11-12/h6-8,12H,4-5H2,1-3H3/b11-9+/t6-,7-,8+/m1/s1. The van der Waals surface area contributed by atoms with Gasteiger partial charge in [0.25, 0.3) is 0 Å². The number of oxime groups is 1. The predicted molar refractivity (Wildman–Crippen MR) is 48.4 cm³/mol. The van der Waals surface area contributed by atoms with Crippen LogP contribution in [0.4, 0.5) is 0 Å². The van der Waals surface area contributed by atoms with Crippen LogP contribution in [0.5, 0.6) is 0 Å². The summed E-state index contributed by atoms with van der Waals surface area (Å²) in [7, 11) is 0. The van der Waals surface area contributed by atoms with Gasteiger partial charge in [-0.05, 0) is 30.1 Å². The van der Waals surface area contributed by atoms with E-state index in [9.17, 15) is 0 Å². The Bertz CT molecular complexity index is 228. The largest absolute Gasteiger partial charge is 0.411 e. The van der Waals surface area contributed by atoms with Crippen LogP contribution in [-0.4, -0.2) is 10.9 Å². The molecule has 0 aromatic rings. The second-order valence-electron chi connectivity index (χ2n) is 4.94. The Kier molecular flexibility index (Phi) is 1.51. The molecule has 2 aliphatic carbocycles. The molecule has 2 bridgehead atoms. The van der Waals surface area contributed by atoms with Crippen molar-refractivity contribution >= 4 is 5.71 Å². The summed E-state index contributed by atoms with van der Waals surface area (Å²) < 4.78 is 0. The highest BCUT2D eigenvalue weighted by atomic mass is 16.4. The van der Waals surface area contributed by atoms with Crippen molar-refractivity contribution in [2.45, 2.75) is 33.6 Å². The van der Waals surface area contributed by atoms with Crippen LogP contribution in [0.15, 0.2) is 5.16 Å². The molecule has 0 spiro atoms. The van der Waals surface area contributed by atoms with Crippen LogP contribution in [0.3, 0.4) is 0 Å². The summed E-state index contributed by atoms with van der Waals surface area (Å²) in [5, 5.41) is 12.2. The summed E-state index contributed by atoms with van der Waals surface area (Å²) in [5.41, 5.74) is 1.51. The van der Waals surface area contributed by atoms with E-state index in [-0.39, 0.29) is 0 Å². The highest BCUT2D eigenvalue weighted by molar-refractivity contribution is 5.90. The van der Waals surface area contributed by atoms with E-state index in [1.165, 1.54) is 6.42 Å². The lowest BCUT2D eigenvalue weighted by Gasteiger charge is -2.36. The molecule has 2 rings (SSSR count). The second-order valence-corrected chi connectivity index (χ2v) is 4.94. The van der Waals surface area contributed by atoms with Gasteiger partial charge in [-0.15, -0.1) is 0 Å². The third-order valence-electron chi connectivity index (χ3n) is 4.38. The maximum Gasteiger partial charge on any atom is 0.0607 e. The molecule has 0 amide bonds. The molecular weight excluding hydrogens is 150 g/mol. The van der Waals surface area contributed by atoms with Gasteiger partial charge in [-0.1, -0.05) is 25.9 Å². The van der Waals surface area contributed by atoms with Gasteiger partial charge < -0.3 is 5.21 Å². The molecule has 68 valence electrons. The molecule has 0 unspecified atom stereocenters. The average Bonchev–Trinajstić information content (AvgIpc) is 2.52. The highest BCUT2D eigenvalue weighted by Gasteiger charge is 2.53. The lowest BCUT2D eigenvalue weighted by atomic mass is 9.69. The van der Waals surface area contributed by atoms with E-state index in [0.717, 1.165) is 18.1 Å². The van der Waals surface area contributed by atoms with Crippen molar-refractivity contribution in [3.8, 4) is 0 Å². The van der Waals surface area contributed by atoms with E-state index in [1.54, 1.807) is 0 Å². The van der Waals surface area contributed by atoms with E-state index in [0.29, 0.717) is 17.3 Å². The zero-order chi connectivity index (χ0) is 8.93. The van der Waals surface area contributed by atoms with Crippen LogP contribution >= 0.6 is 0 Å². The smallest absolute Gasteiger partial charge is 0.0607 e. The molecule has 0 heterocycles. The lowest BCUT2D eigenvalue weighted by molar-refractivity contribution is 0.178. The van der Waals surface area contributed by atoms with Crippen molar-refractivity contribution in [2.24, 2.45) is 28.3 Å². The molecule has 2 saturated carbocycles. The van der Waals surface area contributed by atoms with Crippen molar-refractivity contribution in [1.82, 2.24) is 0 Å². The third kappa shape index (κ3) is 0.782. The summed E-state index contributed by atoms with van der Waals surface area (Å²) in [5.74, 6) is 2.00. The van der Waals surface area contributed by atoms with Crippen molar-refractivity contribution in [3.05, 3.63) is 0 Å². The Morgan fingerprint density at radius 3 is 2.58 bits per heavy atom. The summed E-state index contributed by atoms with van der Waals surface area (Å²) in [6.07, 6.45) is 2.27. The first kappa shape index (κ1) is 8.09. The van der Waals surface area contributed by atoms with Crippen molar-refractivity contribution in [2.75, 3.05) is 0 Å². The Morgan fingerprint density at radius 1 is 1.50 bits per heavy atom. The molecule has 2 heteroatoms. The molecule has 12 heavy (non-hydrogen) atoms. The fourth-order valence-electron chi connectivity index (χ4n) is 2.99. The van der Waals surface area contributed by atoms with Crippen LogP contribution < -0.4 is 0 Å². The molecule has 2 nitrogen and oxygen atoms in total. The topological polar surface area (TPSA) is 32.6 Å². The molecule has 0 aliphatic heterocycles. The first-order valence-corrected chi connectivity index (χ1v) is 4.78. The Hall–Kier alpha value is -0.530. The van der Waals surface area contributed by atoms with E-state index < -0.39 is 0 Å². The molecule has 2 aliphatic rings. The van der Waals surface area contributed by atoms with Crippen molar-refractivity contribution < 1.29 is 5.21 Å². The van der Waals surface area contributed by atoms with Gasteiger partial charge >= 0.3 is 0 Å². The summed E-state index contributed by atoms with van der Waals surface area (Å²) in [6, 6.07) is 0. The zero-order valence-corrected chi connectivity index (χ0v) is 8.04. The third-order valence-corrected chi connectivity index (χ3v) is 4.38. The quantitative estimate of drug-likeness (QED) is 0.436. The molecule has 1 N–H and O–H groups in total. The number of hydrogen-bond acceptors (Lipinski definition) is 2. The number of nitrogens with zero attached hydrogens (tertiary/aromatic N) is 1. The van der Waals surface area contributed by atoms with Gasteiger partial charge in [-0.25, -0.2) is 0 Å². The van der Waals surface area contributed by atoms with Gasteiger partial charge in [0, 0.05) is 5.92 Å². The van der Waals surface area contributed by atoms with Crippen molar-refractivity contribution in [3.63, 3.8) is 0 Å². The molecule has 0 aromatic heterocycles. The highest BCUT2D eigenvalue weighted by Crippen LogP contribution is 2.57. The maximum atomic E-state index is 8.76. The minimum atomic E-state index is 0.457. The predicted octanol–water partition coefficient (Wildman–Crippen LogP) is 2.52. The number of rotatable bonds is 0. The molecule has 0 saturated heterocycles. The lowest BCUT2D eigenvalue weighted by Crippen LogP contribution is -2.33. The Morgan fingerprint density at radius 2 is 2.17 bits per heavy atom. The SMILES string of the molecule is C[C@@H]1[C@@H]2C[C@H](C/C2=N\O)C1(C)C. The van der Waals surface area contributed by atoms with Crippen LogP contribution in [0.2, 0.25) is 0 Å². The van der Waals surface area contributed by atoms with Gasteiger partial charge in [0.15, 0.2) is 0 Å². The van der Waals surface area contributed by atoms with Crippen LogP contribution in [-0.2, 0) is 0 Å². The molecular formula is C10H17NO. The van der Waals surface area contributed by atoms with Gasteiger partial charge in [0.1, 0.15) is 0 Å². The first-order chi connectivity index (χ1) is 5.57. The van der Waals surface area contributed by atoms with E-state index >= 15 is 0 Å². The van der Waals surface area contributed by atoms with Crippen LogP contribution in [0.25, 0.3) is 0 Å². The Labute approximate surface area is 73.7 Å². The van der Waals surface area contributed by atoms with Crippen LogP contribution in [0.1, 0.15) is 33.6 Å². The summed E-state index contributed by atoms with van der Waals surface area (Å²) >= 11 is 0. The van der Waals surface area contributed by atoms with E-state index in [1.807, 2.05) is 0 Å². The van der Waals surface area contributed by atoms with Gasteiger partial charge in [-0.2, -0.15) is 0 Å². The average molecular weight is 167 g/mol. The van der Waals surface area contributed by atoms with Gasteiger partial charge in [-0.3, -0.25) is 0 Å². The zero-order valence-electron chi connectivity index (χ0n) is 8.04. The number of fused-ring (bicyclic) bond motifs is 2. The maximum absolute atomic E-state index is 8.76. The van der Waals surface area contributed by atoms with E-state index in [2.05, 4.69) is 25.9 Å². The molecule has 3 atom stereocenters. The van der Waals surface area contributed by atoms with Gasteiger partial charge in [0.2, 0.25) is 0 Å². The molecule has 0 aromatic carbocycles. The van der Waals surface area contributed by atoms with Crippen LogP contribution in [0, 0.1) is 23.2 Å². The summed E-state index contributed by atoms with van der Waals surface area (Å²) in [4.78, 5) is 0. The normalized spacial score (nSPS) is 47.2. The minimum absolute atomic E-state index is 0.457. The van der Waals surface area contributed by atoms with Gasteiger partial charge in [0.05, 0.1) is 5.71 Å². The fraction of sp³-hybridized carbons (Fsp3) is 0.900. The summed E-state index contributed by atoms with van der Waals surface area (Å²) in [6.45, 7) is 6.97. The van der Waals surface area contributed by atoms with Crippen molar-refractivity contribution in [1.29, 1.82) is 0 Å². The monoisotopic (exact) mass is 167 g/mol. The molecule has 2 fully saturated rings. The first-order valence-electron chi connectivity index (χ1n) is 4.78. The number of hydrogen-bond donors (Lipinski definition) is 1.